The van der Waals surface area contributed by atoms with E-state index in [1.807, 2.05) is 31.7 Å². The fourth-order valence-electron chi connectivity index (χ4n) is 3.29. The first-order valence-corrected chi connectivity index (χ1v) is 8.77. The maximum Gasteiger partial charge on any atom is 0.253 e. The van der Waals surface area contributed by atoms with Crippen molar-refractivity contribution in [1.82, 2.24) is 9.80 Å². The summed E-state index contributed by atoms with van der Waals surface area (Å²) in [7, 11) is 0. The number of hydrogen-bond donors (Lipinski definition) is 1. The summed E-state index contributed by atoms with van der Waals surface area (Å²) in [6, 6.07) is 5.45. The Balaban J connectivity index is 1.65. The monoisotopic (exact) mass is 343 g/mol. The van der Waals surface area contributed by atoms with Gasteiger partial charge in [-0.05, 0) is 30.2 Å². The van der Waals surface area contributed by atoms with Crippen LogP contribution in [-0.2, 0) is 16.0 Å². The third-order valence-electron chi connectivity index (χ3n) is 4.74. The van der Waals surface area contributed by atoms with E-state index >= 15 is 0 Å². The number of amides is 3. The zero-order valence-corrected chi connectivity index (χ0v) is 15.1. The van der Waals surface area contributed by atoms with Gasteiger partial charge in [-0.3, -0.25) is 14.4 Å². The average Bonchev–Trinajstić information content (AvgIpc) is 2.59. The van der Waals surface area contributed by atoms with Crippen molar-refractivity contribution in [2.45, 2.75) is 33.6 Å². The summed E-state index contributed by atoms with van der Waals surface area (Å²) in [4.78, 5) is 40.2. The molecular formula is C19H25N3O3. The van der Waals surface area contributed by atoms with Crippen LogP contribution in [0.2, 0.25) is 0 Å². The molecule has 0 saturated carbocycles. The summed E-state index contributed by atoms with van der Waals surface area (Å²) >= 11 is 0. The number of piperazine rings is 1. The number of rotatable bonds is 1. The van der Waals surface area contributed by atoms with Gasteiger partial charge in [0.25, 0.3) is 5.91 Å². The molecule has 1 saturated heterocycles. The molecule has 0 atom stereocenters. The van der Waals surface area contributed by atoms with Gasteiger partial charge in [0, 0.05) is 49.3 Å². The molecule has 0 aliphatic carbocycles. The van der Waals surface area contributed by atoms with Gasteiger partial charge in [0.15, 0.2) is 0 Å². The molecule has 1 fully saturated rings. The lowest BCUT2D eigenvalue weighted by atomic mass is 9.94. The van der Waals surface area contributed by atoms with E-state index in [1.165, 1.54) is 0 Å². The molecule has 2 aliphatic heterocycles. The van der Waals surface area contributed by atoms with Crippen LogP contribution in [0.1, 0.15) is 43.1 Å². The van der Waals surface area contributed by atoms with Crippen molar-refractivity contribution >= 4 is 23.4 Å². The first kappa shape index (κ1) is 17.5. The van der Waals surface area contributed by atoms with Gasteiger partial charge in [-0.2, -0.15) is 0 Å². The van der Waals surface area contributed by atoms with Crippen LogP contribution in [0.25, 0.3) is 0 Å². The maximum atomic E-state index is 12.8. The fraction of sp³-hybridized carbons (Fsp3) is 0.526. The summed E-state index contributed by atoms with van der Waals surface area (Å²) in [5.74, 6) is 0.137. The number of nitrogens with one attached hydrogen (secondary N) is 1. The Morgan fingerprint density at radius 1 is 1.00 bits per heavy atom. The standard InChI is InChI=1S/C19H25N3O3/c1-19(2,3)18(25)22-10-8-21(9-11-22)17(24)14-4-6-15-13(12-14)5-7-16(23)20-15/h4,6,12H,5,7-11H2,1-3H3,(H,20,23). The SMILES string of the molecule is CC(C)(C)C(=O)N1CCN(C(=O)c2ccc3c(c2)CCC(=O)N3)CC1. The van der Waals surface area contributed by atoms with Crippen LogP contribution in [0.5, 0.6) is 0 Å². The Morgan fingerprint density at radius 3 is 2.28 bits per heavy atom. The molecule has 2 heterocycles. The van der Waals surface area contributed by atoms with Crippen molar-refractivity contribution < 1.29 is 14.4 Å². The Labute approximate surface area is 148 Å². The van der Waals surface area contributed by atoms with Crippen LogP contribution in [0.4, 0.5) is 5.69 Å². The molecule has 1 aromatic carbocycles. The minimum atomic E-state index is -0.394. The van der Waals surface area contributed by atoms with E-state index in [0.717, 1.165) is 11.3 Å². The smallest absolute Gasteiger partial charge is 0.253 e. The van der Waals surface area contributed by atoms with Gasteiger partial charge < -0.3 is 15.1 Å². The lowest BCUT2D eigenvalue weighted by molar-refractivity contribution is -0.140. The molecule has 6 nitrogen and oxygen atoms in total. The quantitative estimate of drug-likeness (QED) is 0.847. The predicted molar refractivity (Wildman–Crippen MR) is 95.3 cm³/mol. The highest BCUT2D eigenvalue weighted by molar-refractivity contribution is 5.98. The number of aryl methyl sites for hydroxylation is 1. The van der Waals surface area contributed by atoms with Crippen molar-refractivity contribution in [3.05, 3.63) is 29.3 Å². The lowest BCUT2D eigenvalue weighted by Crippen LogP contribution is -2.53. The zero-order chi connectivity index (χ0) is 18.2. The number of carbonyl (C=O) groups is 3. The normalized spacial score (nSPS) is 17.8. The number of benzene rings is 1. The molecule has 3 rings (SSSR count). The third kappa shape index (κ3) is 3.67. The van der Waals surface area contributed by atoms with E-state index < -0.39 is 5.41 Å². The third-order valence-corrected chi connectivity index (χ3v) is 4.74. The first-order chi connectivity index (χ1) is 11.8. The average molecular weight is 343 g/mol. The van der Waals surface area contributed by atoms with E-state index in [2.05, 4.69) is 5.32 Å². The summed E-state index contributed by atoms with van der Waals surface area (Å²) in [6.45, 7) is 7.99. The molecule has 0 bridgehead atoms. The maximum absolute atomic E-state index is 12.8. The molecular weight excluding hydrogens is 318 g/mol. The Hall–Kier alpha value is -2.37. The molecule has 0 radical (unpaired) electrons. The van der Waals surface area contributed by atoms with Crippen molar-refractivity contribution in [2.24, 2.45) is 5.41 Å². The summed E-state index contributed by atoms with van der Waals surface area (Å²) < 4.78 is 0. The fourth-order valence-corrected chi connectivity index (χ4v) is 3.29. The van der Waals surface area contributed by atoms with E-state index in [4.69, 9.17) is 0 Å². The molecule has 2 aliphatic rings. The number of carbonyl (C=O) groups excluding carboxylic acids is 3. The number of nitrogens with zero attached hydrogens (tertiary/aromatic N) is 2. The highest BCUT2D eigenvalue weighted by Gasteiger charge is 2.31. The van der Waals surface area contributed by atoms with E-state index in [1.54, 1.807) is 17.0 Å². The van der Waals surface area contributed by atoms with Gasteiger partial charge in [0.05, 0.1) is 0 Å². The molecule has 3 amide bonds. The van der Waals surface area contributed by atoms with Crippen molar-refractivity contribution in [3.8, 4) is 0 Å². The molecule has 0 aromatic heterocycles. The molecule has 0 spiro atoms. The zero-order valence-electron chi connectivity index (χ0n) is 15.1. The van der Waals surface area contributed by atoms with Gasteiger partial charge in [-0.15, -0.1) is 0 Å². The molecule has 0 unspecified atom stereocenters. The van der Waals surface area contributed by atoms with Crippen molar-refractivity contribution in [2.75, 3.05) is 31.5 Å². The number of fused-ring (bicyclic) bond motifs is 1. The van der Waals surface area contributed by atoms with Gasteiger partial charge in [-0.1, -0.05) is 20.8 Å². The summed E-state index contributed by atoms with van der Waals surface area (Å²) in [5, 5.41) is 2.83. The minimum Gasteiger partial charge on any atom is -0.339 e. The number of hydrogen-bond acceptors (Lipinski definition) is 3. The molecule has 1 N–H and O–H groups in total. The van der Waals surface area contributed by atoms with Crippen LogP contribution in [0.15, 0.2) is 18.2 Å². The topological polar surface area (TPSA) is 69.7 Å². The van der Waals surface area contributed by atoms with Gasteiger partial charge in [-0.25, -0.2) is 0 Å². The Morgan fingerprint density at radius 2 is 1.64 bits per heavy atom. The largest absolute Gasteiger partial charge is 0.339 e. The molecule has 25 heavy (non-hydrogen) atoms. The summed E-state index contributed by atoms with van der Waals surface area (Å²) in [6.07, 6.45) is 1.12. The lowest BCUT2D eigenvalue weighted by Gasteiger charge is -2.37. The highest BCUT2D eigenvalue weighted by atomic mass is 16.2. The minimum absolute atomic E-state index is 0.0115. The molecule has 134 valence electrons. The second-order valence-corrected chi connectivity index (χ2v) is 7.75. The van der Waals surface area contributed by atoms with Crippen molar-refractivity contribution in [1.29, 1.82) is 0 Å². The summed E-state index contributed by atoms with van der Waals surface area (Å²) in [5.41, 5.74) is 2.06. The van der Waals surface area contributed by atoms with Crippen LogP contribution >= 0.6 is 0 Å². The van der Waals surface area contributed by atoms with E-state index in [-0.39, 0.29) is 17.7 Å². The molecule has 1 aromatic rings. The Bertz CT molecular complexity index is 713. The van der Waals surface area contributed by atoms with E-state index in [0.29, 0.717) is 44.6 Å². The first-order valence-electron chi connectivity index (χ1n) is 8.77. The number of anilines is 1. The van der Waals surface area contributed by atoms with Gasteiger partial charge >= 0.3 is 0 Å². The van der Waals surface area contributed by atoms with Crippen molar-refractivity contribution in [3.63, 3.8) is 0 Å². The van der Waals surface area contributed by atoms with Gasteiger partial charge in [0.2, 0.25) is 11.8 Å². The predicted octanol–water partition coefficient (Wildman–Crippen LogP) is 1.90. The Kier molecular flexibility index (Phi) is 4.54. The second kappa shape index (κ2) is 6.50. The van der Waals surface area contributed by atoms with Crippen LogP contribution < -0.4 is 5.32 Å². The van der Waals surface area contributed by atoms with Crippen LogP contribution in [-0.4, -0.2) is 53.7 Å². The second-order valence-electron chi connectivity index (χ2n) is 7.75. The van der Waals surface area contributed by atoms with Crippen LogP contribution in [0.3, 0.4) is 0 Å². The van der Waals surface area contributed by atoms with E-state index in [9.17, 15) is 14.4 Å². The van der Waals surface area contributed by atoms with Gasteiger partial charge in [0.1, 0.15) is 0 Å². The molecule has 6 heteroatoms. The van der Waals surface area contributed by atoms with Crippen LogP contribution in [0, 0.1) is 5.41 Å². The highest BCUT2D eigenvalue weighted by Crippen LogP contribution is 2.25.